The molecule has 2 saturated heterocycles. The number of aromatic nitrogens is 3. The molecule has 2 aliphatic heterocycles. The summed E-state index contributed by atoms with van der Waals surface area (Å²) in [5.74, 6) is -0.251. The van der Waals surface area contributed by atoms with Gasteiger partial charge in [-0.3, -0.25) is 19.4 Å². The van der Waals surface area contributed by atoms with E-state index in [1.807, 2.05) is 29.2 Å². The molecule has 4 rings (SSSR count). The van der Waals surface area contributed by atoms with Crippen LogP contribution in [0.5, 0.6) is 0 Å². The molecule has 19 heavy (non-hydrogen) atoms. The lowest BCUT2D eigenvalue weighted by Crippen LogP contribution is -2.36. The van der Waals surface area contributed by atoms with Gasteiger partial charge in [0.2, 0.25) is 11.8 Å². The van der Waals surface area contributed by atoms with Gasteiger partial charge in [-0.2, -0.15) is 0 Å². The Hall–Kier alpha value is -2.28. The largest absolute Gasteiger partial charge is 0.283 e. The minimum atomic E-state index is -0.305. The first-order valence-electron chi connectivity index (χ1n) is 6.04. The molecule has 0 aliphatic carbocycles. The number of hydrogen-bond acceptors (Lipinski definition) is 5. The first-order chi connectivity index (χ1) is 9.18. The third-order valence-electron chi connectivity index (χ3n) is 3.81. The number of rotatable bonds is 2. The van der Waals surface area contributed by atoms with E-state index < -0.39 is 0 Å². The average molecular weight is 257 g/mol. The van der Waals surface area contributed by atoms with Gasteiger partial charge in [0, 0.05) is 7.05 Å². The number of hydrogen-bond donors (Lipinski definition) is 0. The Kier molecular flexibility index (Phi) is 1.89. The van der Waals surface area contributed by atoms with E-state index in [1.54, 1.807) is 4.68 Å². The normalized spacial score (nSPS) is 29.1. The zero-order valence-electron chi connectivity index (χ0n) is 10.2. The summed E-state index contributed by atoms with van der Waals surface area (Å²) < 4.78 is 1.72. The number of piperazine rings is 1. The fourth-order valence-corrected chi connectivity index (χ4v) is 2.69. The fraction of sp³-hybridized carbons (Fsp3) is 0.333. The Morgan fingerprint density at radius 3 is 2.58 bits per heavy atom. The second-order valence-corrected chi connectivity index (χ2v) is 4.86. The van der Waals surface area contributed by atoms with Crippen LogP contribution >= 0.6 is 0 Å². The van der Waals surface area contributed by atoms with Crippen molar-refractivity contribution in [3.63, 3.8) is 0 Å². The molecule has 1 aromatic carbocycles. The zero-order valence-corrected chi connectivity index (χ0v) is 10.2. The van der Waals surface area contributed by atoms with Crippen molar-refractivity contribution in [2.24, 2.45) is 0 Å². The van der Waals surface area contributed by atoms with E-state index in [0.717, 1.165) is 11.0 Å². The molecular weight excluding hydrogens is 246 g/mol. The summed E-state index contributed by atoms with van der Waals surface area (Å²) >= 11 is 0. The van der Waals surface area contributed by atoms with Crippen LogP contribution in [-0.4, -0.2) is 55.7 Å². The fourth-order valence-electron chi connectivity index (χ4n) is 2.69. The van der Waals surface area contributed by atoms with E-state index in [4.69, 9.17) is 0 Å². The first kappa shape index (κ1) is 10.6. The smallest absolute Gasteiger partial charge is 0.248 e. The molecule has 7 nitrogen and oxygen atoms in total. The van der Waals surface area contributed by atoms with Crippen molar-refractivity contribution < 1.29 is 9.59 Å². The Morgan fingerprint density at radius 2 is 1.84 bits per heavy atom. The van der Waals surface area contributed by atoms with Crippen LogP contribution in [0.4, 0.5) is 0 Å². The summed E-state index contributed by atoms with van der Waals surface area (Å²) in [6.07, 6.45) is 0. The SMILES string of the molecule is CN1C(=O)C2C(C1=O)N2Cn1nnc2ccccc21. The molecule has 0 bridgehead atoms. The molecular formula is C12H11N5O2. The quantitative estimate of drug-likeness (QED) is 0.533. The van der Waals surface area contributed by atoms with Gasteiger partial charge in [-0.05, 0) is 12.1 Å². The Bertz CT molecular complexity index is 687. The molecule has 2 fully saturated rings. The summed E-state index contributed by atoms with van der Waals surface area (Å²) in [7, 11) is 1.53. The molecule has 2 atom stereocenters. The number of para-hydroxylation sites is 1. The highest BCUT2D eigenvalue weighted by Crippen LogP contribution is 2.37. The lowest BCUT2D eigenvalue weighted by molar-refractivity contribution is -0.140. The van der Waals surface area contributed by atoms with Crippen LogP contribution in [0.2, 0.25) is 0 Å². The molecule has 2 unspecified atom stereocenters. The third kappa shape index (κ3) is 1.30. The standard InChI is InChI=1S/C12H11N5O2/c1-15-11(18)9-10(12(15)19)16(9)6-17-8-5-3-2-4-7(8)13-14-17/h2-5,9-10H,6H2,1H3. The van der Waals surface area contributed by atoms with Gasteiger partial charge in [-0.15, -0.1) is 5.10 Å². The van der Waals surface area contributed by atoms with Crippen molar-refractivity contribution >= 4 is 22.8 Å². The molecule has 2 aromatic rings. The maximum atomic E-state index is 11.8. The lowest BCUT2D eigenvalue weighted by Gasteiger charge is -2.13. The molecule has 0 radical (unpaired) electrons. The Balaban J connectivity index is 1.62. The molecule has 2 amide bonds. The number of likely N-dealkylation sites (tertiary alicyclic amines) is 1. The van der Waals surface area contributed by atoms with Crippen molar-refractivity contribution in [1.82, 2.24) is 24.8 Å². The number of nitrogens with zero attached hydrogens (tertiary/aromatic N) is 5. The van der Waals surface area contributed by atoms with E-state index in [0.29, 0.717) is 6.67 Å². The second-order valence-electron chi connectivity index (χ2n) is 4.86. The van der Waals surface area contributed by atoms with E-state index in [1.165, 1.54) is 11.9 Å². The molecule has 3 heterocycles. The molecule has 1 aromatic heterocycles. The molecule has 2 aliphatic rings. The topological polar surface area (TPSA) is 71.1 Å². The van der Waals surface area contributed by atoms with E-state index in [2.05, 4.69) is 10.3 Å². The Morgan fingerprint density at radius 1 is 1.16 bits per heavy atom. The summed E-state index contributed by atoms with van der Waals surface area (Å²) in [6, 6.07) is 7.00. The maximum Gasteiger partial charge on any atom is 0.248 e. The van der Waals surface area contributed by atoms with Gasteiger partial charge in [-0.25, -0.2) is 4.68 Å². The molecule has 0 spiro atoms. The predicted octanol–water partition coefficient (Wildman–Crippen LogP) is -0.560. The number of amides is 2. The maximum absolute atomic E-state index is 11.8. The number of benzene rings is 1. The average Bonchev–Trinajstić information content (AvgIpc) is 2.91. The number of imide groups is 1. The van der Waals surface area contributed by atoms with Crippen molar-refractivity contribution in [1.29, 1.82) is 0 Å². The van der Waals surface area contributed by atoms with Crippen LogP contribution in [0.15, 0.2) is 24.3 Å². The van der Waals surface area contributed by atoms with Crippen molar-refractivity contribution in [3.8, 4) is 0 Å². The van der Waals surface area contributed by atoms with Crippen molar-refractivity contribution in [2.75, 3.05) is 7.05 Å². The predicted molar refractivity (Wildman–Crippen MR) is 64.7 cm³/mol. The van der Waals surface area contributed by atoms with Crippen LogP contribution in [0, 0.1) is 0 Å². The van der Waals surface area contributed by atoms with Crippen LogP contribution in [0.3, 0.4) is 0 Å². The molecule has 0 saturated carbocycles. The van der Waals surface area contributed by atoms with Gasteiger partial charge in [0.25, 0.3) is 0 Å². The van der Waals surface area contributed by atoms with E-state index in [-0.39, 0.29) is 23.9 Å². The summed E-state index contributed by atoms with van der Waals surface area (Å²) in [5, 5.41) is 8.11. The molecule has 7 heteroatoms. The van der Waals surface area contributed by atoms with Gasteiger partial charge < -0.3 is 0 Å². The highest BCUT2D eigenvalue weighted by atomic mass is 16.2. The lowest BCUT2D eigenvalue weighted by atomic mass is 10.3. The van der Waals surface area contributed by atoms with Gasteiger partial charge in [0.15, 0.2) is 0 Å². The third-order valence-corrected chi connectivity index (χ3v) is 3.81. The zero-order chi connectivity index (χ0) is 13.1. The Labute approximate surface area is 108 Å². The van der Waals surface area contributed by atoms with E-state index >= 15 is 0 Å². The van der Waals surface area contributed by atoms with Gasteiger partial charge in [-0.1, -0.05) is 17.3 Å². The number of fused-ring (bicyclic) bond motifs is 2. The van der Waals surface area contributed by atoms with Crippen molar-refractivity contribution in [2.45, 2.75) is 18.8 Å². The van der Waals surface area contributed by atoms with Crippen LogP contribution < -0.4 is 0 Å². The minimum absolute atomic E-state index is 0.126. The first-order valence-corrected chi connectivity index (χ1v) is 6.04. The minimum Gasteiger partial charge on any atom is -0.283 e. The van der Waals surface area contributed by atoms with Gasteiger partial charge >= 0.3 is 0 Å². The van der Waals surface area contributed by atoms with E-state index in [9.17, 15) is 9.59 Å². The highest BCUT2D eigenvalue weighted by Gasteiger charge is 2.65. The molecule has 0 N–H and O–H groups in total. The summed E-state index contributed by atoms with van der Waals surface area (Å²) in [4.78, 5) is 26.6. The van der Waals surface area contributed by atoms with Crippen LogP contribution in [-0.2, 0) is 16.3 Å². The second kappa shape index (κ2) is 3.39. The summed E-state index contributed by atoms with van der Waals surface area (Å²) in [5.41, 5.74) is 1.71. The number of carbonyl (C=O) groups excluding carboxylic acids is 2. The highest BCUT2D eigenvalue weighted by molar-refractivity contribution is 6.12. The summed E-state index contributed by atoms with van der Waals surface area (Å²) in [6.45, 7) is 0.418. The van der Waals surface area contributed by atoms with Crippen molar-refractivity contribution in [3.05, 3.63) is 24.3 Å². The molecule has 96 valence electrons. The van der Waals surface area contributed by atoms with Gasteiger partial charge in [0.1, 0.15) is 17.6 Å². The van der Waals surface area contributed by atoms with Gasteiger partial charge in [0.05, 0.1) is 12.2 Å². The van der Waals surface area contributed by atoms with Crippen LogP contribution in [0.1, 0.15) is 0 Å². The number of likely N-dealkylation sites (N-methyl/N-ethyl adjacent to an activating group) is 1. The van der Waals surface area contributed by atoms with Crippen LogP contribution in [0.25, 0.3) is 11.0 Å². The monoisotopic (exact) mass is 257 g/mol. The number of carbonyl (C=O) groups is 2.